The van der Waals surface area contributed by atoms with Gasteiger partial charge in [0.2, 0.25) is 0 Å². The molecule has 1 aliphatic carbocycles. The number of ether oxygens (including phenoxy) is 2. The Bertz CT molecular complexity index is 380. The van der Waals surface area contributed by atoms with E-state index in [2.05, 4.69) is 21.2 Å². The fraction of sp³-hybridized carbons (Fsp3) is 0.625. The van der Waals surface area contributed by atoms with Crippen molar-refractivity contribution in [2.75, 3.05) is 26.3 Å². The molecule has 0 unspecified atom stereocenters. The number of hydrogen-bond acceptors (Lipinski definition) is 3. The SMILES string of the molecule is Brc1cccc(OCCNCCOC2CCCCC2)c1. The normalized spacial score (nSPS) is 16.2. The van der Waals surface area contributed by atoms with Gasteiger partial charge in [0.25, 0.3) is 0 Å². The van der Waals surface area contributed by atoms with E-state index >= 15 is 0 Å². The van der Waals surface area contributed by atoms with Crippen molar-refractivity contribution < 1.29 is 9.47 Å². The standard InChI is InChI=1S/C16H24BrNO2/c17-14-5-4-8-16(13-14)20-12-10-18-9-11-19-15-6-2-1-3-7-15/h4-5,8,13,15,18H,1-3,6-7,9-12H2. The van der Waals surface area contributed by atoms with Crippen LogP contribution < -0.4 is 10.1 Å². The van der Waals surface area contributed by atoms with Crippen LogP contribution >= 0.6 is 15.9 Å². The van der Waals surface area contributed by atoms with Crippen LogP contribution in [0.4, 0.5) is 0 Å². The minimum Gasteiger partial charge on any atom is -0.492 e. The number of rotatable bonds is 8. The van der Waals surface area contributed by atoms with Gasteiger partial charge in [-0.25, -0.2) is 0 Å². The van der Waals surface area contributed by atoms with Crippen molar-refractivity contribution in [3.63, 3.8) is 0 Å². The second-order valence-electron chi connectivity index (χ2n) is 5.19. The van der Waals surface area contributed by atoms with E-state index in [9.17, 15) is 0 Å². The van der Waals surface area contributed by atoms with E-state index in [1.54, 1.807) is 0 Å². The Kier molecular flexibility index (Phi) is 7.41. The van der Waals surface area contributed by atoms with E-state index < -0.39 is 0 Å². The molecule has 2 rings (SSSR count). The molecule has 0 bridgehead atoms. The summed E-state index contributed by atoms with van der Waals surface area (Å²) < 4.78 is 12.5. The van der Waals surface area contributed by atoms with Crippen LogP contribution in [-0.2, 0) is 4.74 Å². The number of benzene rings is 1. The Morgan fingerprint density at radius 1 is 1.10 bits per heavy atom. The van der Waals surface area contributed by atoms with Crippen LogP contribution in [0.15, 0.2) is 28.7 Å². The van der Waals surface area contributed by atoms with Gasteiger partial charge in [-0.3, -0.25) is 0 Å². The zero-order valence-electron chi connectivity index (χ0n) is 11.9. The van der Waals surface area contributed by atoms with E-state index in [4.69, 9.17) is 9.47 Å². The predicted octanol–water partition coefficient (Wildman–Crippen LogP) is 3.77. The van der Waals surface area contributed by atoms with Gasteiger partial charge in [-0.2, -0.15) is 0 Å². The highest BCUT2D eigenvalue weighted by Crippen LogP contribution is 2.20. The summed E-state index contributed by atoms with van der Waals surface area (Å²) in [5, 5.41) is 3.35. The van der Waals surface area contributed by atoms with Crippen molar-refractivity contribution in [2.45, 2.75) is 38.2 Å². The zero-order valence-corrected chi connectivity index (χ0v) is 13.5. The molecule has 0 atom stereocenters. The third-order valence-corrected chi connectivity index (χ3v) is 4.02. The summed E-state index contributed by atoms with van der Waals surface area (Å²) in [5.74, 6) is 0.902. The average Bonchev–Trinajstić information content (AvgIpc) is 2.47. The molecule has 1 fully saturated rings. The fourth-order valence-electron chi connectivity index (χ4n) is 2.45. The Labute approximate surface area is 130 Å². The lowest BCUT2D eigenvalue weighted by Crippen LogP contribution is -2.27. The lowest BCUT2D eigenvalue weighted by molar-refractivity contribution is 0.0301. The molecular formula is C16H24BrNO2. The first-order chi connectivity index (χ1) is 9.84. The van der Waals surface area contributed by atoms with Crippen LogP contribution in [0, 0.1) is 0 Å². The lowest BCUT2D eigenvalue weighted by Gasteiger charge is -2.22. The molecule has 0 aliphatic heterocycles. The summed E-state index contributed by atoms with van der Waals surface area (Å²) in [6.07, 6.45) is 7.03. The van der Waals surface area contributed by atoms with Gasteiger partial charge in [0.15, 0.2) is 0 Å². The van der Waals surface area contributed by atoms with Gasteiger partial charge in [0.1, 0.15) is 12.4 Å². The summed E-state index contributed by atoms with van der Waals surface area (Å²) in [4.78, 5) is 0. The summed E-state index contributed by atoms with van der Waals surface area (Å²) in [5.41, 5.74) is 0. The molecule has 1 aromatic rings. The maximum Gasteiger partial charge on any atom is 0.120 e. The first kappa shape index (κ1) is 15.8. The van der Waals surface area contributed by atoms with Gasteiger partial charge in [0, 0.05) is 17.6 Å². The molecule has 1 N–H and O–H groups in total. The highest BCUT2D eigenvalue weighted by molar-refractivity contribution is 9.10. The van der Waals surface area contributed by atoms with Crippen molar-refractivity contribution >= 4 is 15.9 Å². The minimum absolute atomic E-state index is 0.503. The van der Waals surface area contributed by atoms with Crippen LogP contribution in [0.25, 0.3) is 0 Å². The highest BCUT2D eigenvalue weighted by Gasteiger charge is 2.12. The van der Waals surface area contributed by atoms with Gasteiger partial charge in [-0.05, 0) is 31.0 Å². The van der Waals surface area contributed by atoms with Gasteiger partial charge in [-0.1, -0.05) is 41.3 Å². The molecule has 0 aromatic heterocycles. The van der Waals surface area contributed by atoms with Gasteiger partial charge in [-0.15, -0.1) is 0 Å². The quantitative estimate of drug-likeness (QED) is 0.730. The first-order valence-electron chi connectivity index (χ1n) is 7.55. The molecule has 1 aliphatic rings. The summed E-state index contributed by atoms with van der Waals surface area (Å²) in [6.45, 7) is 3.24. The Hall–Kier alpha value is -0.580. The van der Waals surface area contributed by atoms with Crippen LogP contribution in [0.5, 0.6) is 5.75 Å². The van der Waals surface area contributed by atoms with Crippen molar-refractivity contribution in [2.24, 2.45) is 0 Å². The van der Waals surface area contributed by atoms with Crippen LogP contribution in [0.2, 0.25) is 0 Å². The minimum atomic E-state index is 0.503. The summed E-state index contributed by atoms with van der Waals surface area (Å²) in [6, 6.07) is 7.92. The largest absolute Gasteiger partial charge is 0.492 e. The molecule has 0 heterocycles. The van der Waals surface area contributed by atoms with E-state index in [1.807, 2.05) is 24.3 Å². The van der Waals surface area contributed by atoms with Gasteiger partial charge < -0.3 is 14.8 Å². The van der Waals surface area contributed by atoms with Crippen molar-refractivity contribution in [3.8, 4) is 5.75 Å². The Balaban J connectivity index is 1.45. The zero-order chi connectivity index (χ0) is 14.0. The second-order valence-corrected chi connectivity index (χ2v) is 6.10. The molecule has 3 nitrogen and oxygen atoms in total. The Morgan fingerprint density at radius 2 is 1.90 bits per heavy atom. The summed E-state index contributed by atoms with van der Waals surface area (Å²) in [7, 11) is 0. The molecule has 4 heteroatoms. The van der Waals surface area contributed by atoms with Crippen molar-refractivity contribution in [3.05, 3.63) is 28.7 Å². The van der Waals surface area contributed by atoms with Crippen LogP contribution in [-0.4, -0.2) is 32.4 Å². The van der Waals surface area contributed by atoms with Crippen LogP contribution in [0.3, 0.4) is 0 Å². The molecule has 1 aromatic carbocycles. The third-order valence-electron chi connectivity index (χ3n) is 3.53. The monoisotopic (exact) mass is 341 g/mol. The second kappa shape index (κ2) is 9.37. The van der Waals surface area contributed by atoms with Gasteiger partial charge in [0.05, 0.1) is 12.7 Å². The fourth-order valence-corrected chi connectivity index (χ4v) is 2.83. The molecule has 0 saturated heterocycles. The molecular weight excluding hydrogens is 318 g/mol. The average molecular weight is 342 g/mol. The van der Waals surface area contributed by atoms with Crippen molar-refractivity contribution in [1.29, 1.82) is 0 Å². The predicted molar refractivity (Wildman–Crippen MR) is 85.3 cm³/mol. The van der Waals surface area contributed by atoms with E-state index in [1.165, 1.54) is 32.1 Å². The maximum absolute atomic E-state index is 5.85. The third kappa shape index (κ3) is 6.25. The Morgan fingerprint density at radius 3 is 2.70 bits per heavy atom. The van der Waals surface area contributed by atoms with Gasteiger partial charge >= 0.3 is 0 Å². The number of nitrogens with one attached hydrogen (secondary N) is 1. The molecule has 112 valence electrons. The molecule has 0 amide bonds. The molecule has 1 saturated carbocycles. The number of halogens is 1. The van der Waals surface area contributed by atoms with E-state index in [-0.39, 0.29) is 0 Å². The molecule has 0 spiro atoms. The van der Waals surface area contributed by atoms with E-state index in [0.717, 1.165) is 29.9 Å². The van der Waals surface area contributed by atoms with Crippen molar-refractivity contribution in [1.82, 2.24) is 5.32 Å². The number of hydrogen-bond donors (Lipinski definition) is 1. The lowest BCUT2D eigenvalue weighted by atomic mass is 9.98. The smallest absolute Gasteiger partial charge is 0.120 e. The highest BCUT2D eigenvalue weighted by atomic mass is 79.9. The maximum atomic E-state index is 5.85. The van der Waals surface area contributed by atoms with Crippen LogP contribution in [0.1, 0.15) is 32.1 Å². The first-order valence-corrected chi connectivity index (χ1v) is 8.34. The summed E-state index contributed by atoms with van der Waals surface area (Å²) >= 11 is 3.43. The van der Waals surface area contributed by atoms with E-state index in [0.29, 0.717) is 12.7 Å². The topological polar surface area (TPSA) is 30.5 Å². The molecule has 0 radical (unpaired) electrons. The molecule has 20 heavy (non-hydrogen) atoms.